The first-order valence-corrected chi connectivity index (χ1v) is 9.77. The largest absolute Gasteiger partial charge is 0.482 e. The lowest BCUT2D eigenvalue weighted by Crippen LogP contribution is -2.50. The van der Waals surface area contributed by atoms with E-state index < -0.39 is 0 Å². The average molecular weight is 433 g/mol. The molecule has 1 saturated heterocycles. The van der Waals surface area contributed by atoms with Crippen LogP contribution in [-0.2, 0) is 4.79 Å². The molecule has 0 saturated carbocycles. The normalized spacial score (nSPS) is 14.1. The van der Waals surface area contributed by atoms with E-state index >= 15 is 0 Å². The summed E-state index contributed by atoms with van der Waals surface area (Å²) < 4.78 is 7.37. The summed E-state index contributed by atoms with van der Waals surface area (Å²) >= 11 is 11.9. The SMILES string of the molecule is O=C(COc1ccc(Cl)cc1Cl)N1CCN(c2cc(-n3ccnc3)ncn2)CC1. The summed E-state index contributed by atoms with van der Waals surface area (Å²) in [4.78, 5) is 29.1. The first-order chi connectivity index (χ1) is 14.1. The van der Waals surface area contributed by atoms with Crippen LogP contribution in [0, 0.1) is 0 Å². The molecule has 150 valence electrons. The van der Waals surface area contributed by atoms with Gasteiger partial charge in [0.05, 0.1) is 5.02 Å². The number of carbonyl (C=O) groups is 1. The van der Waals surface area contributed by atoms with Crippen LogP contribution in [0.3, 0.4) is 0 Å². The fourth-order valence-corrected chi connectivity index (χ4v) is 3.52. The van der Waals surface area contributed by atoms with Crippen molar-refractivity contribution >= 4 is 34.9 Å². The standard InChI is InChI=1S/C19H18Cl2N6O2/c20-14-1-2-16(15(21)9-14)29-11-19(28)26-7-5-25(6-8-26)17-10-18(24-12-23-17)27-4-3-22-13-27/h1-4,9-10,12-13H,5-8,11H2. The number of piperazine rings is 1. The van der Waals surface area contributed by atoms with Gasteiger partial charge in [0.1, 0.15) is 30.0 Å². The van der Waals surface area contributed by atoms with Gasteiger partial charge in [-0.15, -0.1) is 0 Å². The summed E-state index contributed by atoms with van der Waals surface area (Å²) in [5.41, 5.74) is 0. The van der Waals surface area contributed by atoms with Crippen LogP contribution in [-0.4, -0.2) is 63.1 Å². The Morgan fingerprint density at radius 3 is 2.59 bits per heavy atom. The third-order valence-electron chi connectivity index (χ3n) is 4.61. The Balaban J connectivity index is 1.32. The zero-order chi connectivity index (χ0) is 20.2. The lowest BCUT2D eigenvalue weighted by molar-refractivity contribution is -0.133. The van der Waals surface area contributed by atoms with Gasteiger partial charge in [-0.2, -0.15) is 0 Å². The third kappa shape index (κ3) is 4.60. The molecule has 8 nitrogen and oxygen atoms in total. The van der Waals surface area contributed by atoms with Crippen molar-refractivity contribution in [3.05, 3.63) is 59.4 Å². The molecule has 0 atom stereocenters. The Kier molecular flexibility index (Phi) is 5.82. The fraction of sp³-hybridized carbons (Fsp3) is 0.263. The maximum absolute atomic E-state index is 12.5. The summed E-state index contributed by atoms with van der Waals surface area (Å²) in [5, 5.41) is 0.901. The summed E-state index contributed by atoms with van der Waals surface area (Å²) in [6.45, 7) is 2.45. The first kappa shape index (κ1) is 19.5. The van der Waals surface area contributed by atoms with E-state index in [4.69, 9.17) is 27.9 Å². The molecule has 1 aromatic carbocycles. The van der Waals surface area contributed by atoms with Gasteiger partial charge in [-0.1, -0.05) is 23.2 Å². The molecule has 1 aliphatic heterocycles. The van der Waals surface area contributed by atoms with E-state index in [1.807, 2.05) is 16.8 Å². The Hall–Kier alpha value is -2.84. The zero-order valence-electron chi connectivity index (χ0n) is 15.4. The van der Waals surface area contributed by atoms with Crippen LogP contribution >= 0.6 is 23.2 Å². The molecule has 2 aromatic heterocycles. The number of imidazole rings is 1. The highest BCUT2D eigenvalue weighted by atomic mass is 35.5. The molecule has 3 heterocycles. The summed E-state index contributed by atoms with van der Waals surface area (Å²) in [6.07, 6.45) is 6.75. The maximum Gasteiger partial charge on any atom is 0.260 e. The fourth-order valence-electron chi connectivity index (χ4n) is 3.05. The number of halogens is 2. The summed E-state index contributed by atoms with van der Waals surface area (Å²) in [6, 6.07) is 6.82. The van der Waals surface area contributed by atoms with Crippen molar-refractivity contribution in [3.8, 4) is 11.6 Å². The molecule has 4 rings (SSSR count). The average Bonchev–Trinajstić information content (AvgIpc) is 3.28. The molecule has 3 aromatic rings. The van der Waals surface area contributed by atoms with Crippen LogP contribution in [0.1, 0.15) is 0 Å². The lowest BCUT2D eigenvalue weighted by Gasteiger charge is -2.35. The molecule has 1 amide bonds. The minimum absolute atomic E-state index is 0.0698. The van der Waals surface area contributed by atoms with Crippen molar-refractivity contribution in [2.24, 2.45) is 0 Å². The van der Waals surface area contributed by atoms with Crippen molar-refractivity contribution in [1.29, 1.82) is 0 Å². The molecule has 1 fully saturated rings. The van der Waals surface area contributed by atoms with Gasteiger partial charge in [0, 0.05) is 49.7 Å². The predicted molar refractivity (Wildman–Crippen MR) is 110 cm³/mol. The Morgan fingerprint density at radius 1 is 1.07 bits per heavy atom. The molecular formula is C19H18Cl2N6O2. The van der Waals surface area contributed by atoms with Gasteiger partial charge in [0.15, 0.2) is 6.61 Å². The molecule has 29 heavy (non-hydrogen) atoms. The summed E-state index contributed by atoms with van der Waals surface area (Å²) in [7, 11) is 0. The number of hydrogen-bond donors (Lipinski definition) is 0. The van der Waals surface area contributed by atoms with E-state index in [2.05, 4.69) is 19.9 Å². The van der Waals surface area contributed by atoms with Crippen molar-refractivity contribution in [1.82, 2.24) is 24.4 Å². The van der Waals surface area contributed by atoms with Crippen molar-refractivity contribution in [3.63, 3.8) is 0 Å². The van der Waals surface area contributed by atoms with Crippen molar-refractivity contribution in [2.45, 2.75) is 0 Å². The van der Waals surface area contributed by atoms with Gasteiger partial charge in [0.25, 0.3) is 5.91 Å². The van der Waals surface area contributed by atoms with Crippen LogP contribution in [0.2, 0.25) is 10.0 Å². The maximum atomic E-state index is 12.5. The molecule has 0 unspecified atom stereocenters. The quantitative estimate of drug-likeness (QED) is 0.616. The highest BCUT2D eigenvalue weighted by Crippen LogP contribution is 2.27. The van der Waals surface area contributed by atoms with Gasteiger partial charge < -0.3 is 14.5 Å². The van der Waals surface area contributed by atoms with E-state index in [-0.39, 0.29) is 12.5 Å². The second kappa shape index (κ2) is 8.67. The number of ether oxygens (including phenoxy) is 1. The monoisotopic (exact) mass is 432 g/mol. The molecule has 0 N–H and O–H groups in total. The molecule has 0 spiro atoms. The number of aromatic nitrogens is 4. The smallest absolute Gasteiger partial charge is 0.260 e. The number of rotatable bonds is 5. The van der Waals surface area contributed by atoms with Gasteiger partial charge >= 0.3 is 0 Å². The van der Waals surface area contributed by atoms with E-state index in [1.165, 1.54) is 6.33 Å². The second-order valence-corrected chi connectivity index (χ2v) is 7.28. The van der Waals surface area contributed by atoms with E-state index in [9.17, 15) is 4.79 Å². The number of nitrogens with zero attached hydrogens (tertiary/aromatic N) is 6. The third-order valence-corrected chi connectivity index (χ3v) is 5.14. The molecular weight excluding hydrogens is 415 g/mol. The number of hydrogen-bond acceptors (Lipinski definition) is 6. The zero-order valence-corrected chi connectivity index (χ0v) is 16.9. The first-order valence-electron chi connectivity index (χ1n) is 9.01. The van der Waals surface area contributed by atoms with Crippen LogP contribution < -0.4 is 9.64 Å². The Bertz CT molecular complexity index is 990. The molecule has 0 bridgehead atoms. The summed E-state index contributed by atoms with van der Waals surface area (Å²) in [5.74, 6) is 1.92. The van der Waals surface area contributed by atoms with Gasteiger partial charge in [-0.25, -0.2) is 15.0 Å². The molecule has 0 radical (unpaired) electrons. The van der Waals surface area contributed by atoms with Gasteiger partial charge in [-0.05, 0) is 18.2 Å². The minimum atomic E-state index is -0.0857. The van der Waals surface area contributed by atoms with Crippen LogP contribution in [0.15, 0.2) is 49.3 Å². The molecule has 1 aliphatic rings. The van der Waals surface area contributed by atoms with Crippen LogP contribution in [0.4, 0.5) is 5.82 Å². The lowest BCUT2D eigenvalue weighted by atomic mass is 10.3. The molecule has 10 heteroatoms. The second-order valence-electron chi connectivity index (χ2n) is 6.44. The van der Waals surface area contributed by atoms with Crippen molar-refractivity contribution in [2.75, 3.05) is 37.7 Å². The van der Waals surface area contributed by atoms with Gasteiger partial charge in [-0.3, -0.25) is 9.36 Å². The number of anilines is 1. The predicted octanol–water partition coefficient (Wildman–Crippen LogP) is 2.70. The Labute approximate surface area is 177 Å². The van der Waals surface area contributed by atoms with Crippen molar-refractivity contribution < 1.29 is 9.53 Å². The van der Waals surface area contributed by atoms with Crippen LogP contribution in [0.25, 0.3) is 5.82 Å². The molecule has 0 aliphatic carbocycles. The number of amides is 1. The van der Waals surface area contributed by atoms with Crippen LogP contribution in [0.5, 0.6) is 5.75 Å². The highest BCUT2D eigenvalue weighted by Gasteiger charge is 2.23. The Morgan fingerprint density at radius 2 is 1.86 bits per heavy atom. The van der Waals surface area contributed by atoms with E-state index in [1.54, 1.807) is 35.6 Å². The van der Waals surface area contributed by atoms with E-state index in [0.717, 1.165) is 11.6 Å². The highest BCUT2D eigenvalue weighted by molar-refractivity contribution is 6.35. The minimum Gasteiger partial charge on any atom is -0.482 e. The van der Waals surface area contributed by atoms with Gasteiger partial charge in [0.2, 0.25) is 0 Å². The number of benzene rings is 1. The van der Waals surface area contributed by atoms with E-state index in [0.29, 0.717) is 42.0 Å². The topological polar surface area (TPSA) is 76.4 Å². The number of carbonyl (C=O) groups excluding carboxylic acids is 1.